The molecule has 0 aliphatic heterocycles. The molecule has 0 heterocycles. The van der Waals surface area contributed by atoms with Crippen molar-refractivity contribution >= 4 is 0 Å². The first kappa shape index (κ1) is 13.0. The molecule has 1 aliphatic carbocycles. The highest BCUT2D eigenvalue weighted by Crippen LogP contribution is 2.48. The van der Waals surface area contributed by atoms with Crippen LogP contribution in [-0.4, -0.2) is 6.54 Å². The van der Waals surface area contributed by atoms with Gasteiger partial charge < -0.3 is 5.32 Å². The van der Waals surface area contributed by atoms with Crippen molar-refractivity contribution in [2.45, 2.75) is 39.2 Å². The fourth-order valence-electron chi connectivity index (χ4n) is 2.50. The molecule has 1 saturated carbocycles. The van der Waals surface area contributed by atoms with Gasteiger partial charge in [-0.1, -0.05) is 13.3 Å². The highest BCUT2D eigenvalue weighted by Gasteiger charge is 2.40. The van der Waals surface area contributed by atoms with E-state index in [1.807, 2.05) is 0 Å². The van der Waals surface area contributed by atoms with E-state index in [1.165, 1.54) is 37.8 Å². The first-order valence-electron chi connectivity index (χ1n) is 6.58. The number of halogens is 1. The second kappa shape index (κ2) is 5.49. The fourth-order valence-corrected chi connectivity index (χ4v) is 2.50. The maximum Gasteiger partial charge on any atom is 0.123 e. The molecule has 1 N–H and O–H groups in total. The van der Waals surface area contributed by atoms with Crippen LogP contribution in [0.25, 0.3) is 0 Å². The Hall–Kier alpha value is -1.40. The maximum atomic E-state index is 13.1. The van der Waals surface area contributed by atoms with Gasteiger partial charge in [0.2, 0.25) is 0 Å². The molecule has 1 fully saturated rings. The summed E-state index contributed by atoms with van der Waals surface area (Å²) in [6, 6.07) is 6.44. The van der Waals surface area contributed by atoms with Gasteiger partial charge in [-0.15, -0.1) is 0 Å². The summed E-state index contributed by atoms with van der Waals surface area (Å²) in [5, 5.41) is 12.3. The van der Waals surface area contributed by atoms with Crippen molar-refractivity contribution in [3.05, 3.63) is 35.1 Å². The van der Waals surface area contributed by atoms with Gasteiger partial charge in [0.25, 0.3) is 0 Å². The molecule has 96 valence electrons. The zero-order valence-corrected chi connectivity index (χ0v) is 10.8. The minimum absolute atomic E-state index is 0.277. The lowest BCUT2D eigenvalue weighted by Crippen LogP contribution is -2.24. The predicted molar refractivity (Wildman–Crippen MR) is 69.4 cm³/mol. The minimum Gasteiger partial charge on any atom is -0.312 e. The Kier molecular flexibility index (Phi) is 3.98. The van der Waals surface area contributed by atoms with Gasteiger partial charge in [-0.2, -0.15) is 5.26 Å². The third kappa shape index (κ3) is 3.08. The van der Waals surface area contributed by atoms with E-state index in [-0.39, 0.29) is 5.82 Å². The molecule has 0 atom stereocenters. The van der Waals surface area contributed by atoms with Crippen LogP contribution in [0.2, 0.25) is 0 Å². The van der Waals surface area contributed by atoms with Gasteiger partial charge in [0, 0.05) is 13.1 Å². The number of nitriles is 1. The monoisotopic (exact) mass is 246 g/mol. The summed E-state index contributed by atoms with van der Waals surface area (Å²) in [6.45, 7) is 3.76. The van der Waals surface area contributed by atoms with Crippen LogP contribution in [-0.2, 0) is 6.54 Å². The van der Waals surface area contributed by atoms with Crippen LogP contribution in [0, 0.1) is 22.6 Å². The number of hydrogen-bond acceptors (Lipinski definition) is 2. The molecule has 0 bridgehead atoms. The topological polar surface area (TPSA) is 35.8 Å². The van der Waals surface area contributed by atoms with Gasteiger partial charge in [-0.25, -0.2) is 4.39 Å². The normalized spacial score (nSPS) is 16.3. The van der Waals surface area contributed by atoms with Crippen molar-refractivity contribution in [1.82, 2.24) is 5.32 Å². The zero-order valence-electron chi connectivity index (χ0n) is 10.8. The number of benzene rings is 1. The number of nitrogens with zero attached hydrogens (tertiary/aromatic N) is 1. The van der Waals surface area contributed by atoms with Crippen LogP contribution in [0.5, 0.6) is 0 Å². The summed E-state index contributed by atoms with van der Waals surface area (Å²) < 4.78 is 13.1. The largest absolute Gasteiger partial charge is 0.312 e. The zero-order chi connectivity index (χ0) is 13.0. The molecule has 1 aliphatic rings. The van der Waals surface area contributed by atoms with Crippen molar-refractivity contribution in [1.29, 1.82) is 5.26 Å². The smallest absolute Gasteiger partial charge is 0.123 e. The second-order valence-electron chi connectivity index (χ2n) is 5.27. The Labute approximate surface area is 108 Å². The lowest BCUT2D eigenvalue weighted by atomic mass is 10.0. The van der Waals surface area contributed by atoms with Gasteiger partial charge in [0.15, 0.2) is 0 Å². The van der Waals surface area contributed by atoms with Crippen molar-refractivity contribution in [3.63, 3.8) is 0 Å². The van der Waals surface area contributed by atoms with E-state index in [1.54, 1.807) is 6.07 Å². The van der Waals surface area contributed by atoms with E-state index in [9.17, 15) is 4.39 Å². The molecule has 2 nitrogen and oxygen atoms in total. The van der Waals surface area contributed by atoms with Gasteiger partial charge in [-0.3, -0.25) is 0 Å². The number of nitrogens with one attached hydrogen (secondary N) is 1. The van der Waals surface area contributed by atoms with Gasteiger partial charge in [0.05, 0.1) is 11.6 Å². The predicted octanol–water partition coefficient (Wildman–Crippen LogP) is 3.37. The molecule has 0 amide bonds. The first-order valence-corrected chi connectivity index (χ1v) is 6.58. The average molecular weight is 246 g/mol. The molecular formula is C15H19FN2. The summed E-state index contributed by atoms with van der Waals surface area (Å²) in [5.74, 6) is -0.277. The Morgan fingerprint density at radius 2 is 2.22 bits per heavy atom. The van der Waals surface area contributed by atoms with E-state index in [2.05, 4.69) is 18.3 Å². The molecule has 18 heavy (non-hydrogen) atoms. The highest BCUT2D eigenvalue weighted by molar-refractivity contribution is 5.37. The minimum atomic E-state index is -0.277. The summed E-state index contributed by atoms with van der Waals surface area (Å²) in [4.78, 5) is 0. The molecule has 0 aromatic heterocycles. The fraction of sp³-hybridized carbons (Fsp3) is 0.533. The molecule has 1 aromatic rings. The standard InChI is InChI=1S/C15H19FN2/c1-2-5-15(6-7-15)11-18-10-13-8-14(16)4-3-12(13)9-17/h3-4,8,18H,2,5-7,10-11H2,1H3. The van der Waals surface area contributed by atoms with E-state index in [0.717, 1.165) is 12.1 Å². The molecule has 0 saturated heterocycles. The molecule has 1 aromatic carbocycles. The average Bonchev–Trinajstić information content (AvgIpc) is 3.10. The van der Waals surface area contributed by atoms with Crippen LogP contribution in [0.4, 0.5) is 4.39 Å². The van der Waals surface area contributed by atoms with Gasteiger partial charge in [-0.05, 0) is 48.4 Å². The summed E-state index contributed by atoms with van der Waals surface area (Å²) in [6.07, 6.45) is 5.06. The molecular weight excluding hydrogens is 227 g/mol. The Morgan fingerprint density at radius 3 is 2.83 bits per heavy atom. The van der Waals surface area contributed by atoms with E-state index in [0.29, 0.717) is 17.5 Å². The molecule has 3 heteroatoms. The molecule has 0 radical (unpaired) electrons. The van der Waals surface area contributed by atoms with Gasteiger partial charge >= 0.3 is 0 Å². The Bertz CT molecular complexity index is 458. The third-order valence-corrected chi connectivity index (χ3v) is 3.74. The lowest BCUT2D eigenvalue weighted by molar-refractivity contribution is 0.420. The quantitative estimate of drug-likeness (QED) is 0.835. The summed E-state index contributed by atoms with van der Waals surface area (Å²) in [7, 11) is 0. The van der Waals surface area contributed by atoms with Crippen molar-refractivity contribution < 1.29 is 4.39 Å². The number of hydrogen-bond donors (Lipinski definition) is 1. The van der Waals surface area contributed by atoms with Crippen molar-refractivity contribution in [2.24, 2.45) is 5.41 Å². The van der Waals surface area contributed by atoms with Crippen LogP contribution in [0.3, 0.4) is 0 Å². The van der Waals surface area contributed by atoms with E-state index in [4.69, 9.17) is 5.26 Å². The van der Waals surface area contributed by atoms with Crippen molar-refractivity contribution in [3.8, 4) is 6.07 Å². The summed E-state index contributed by atoms with van der Waals surface area (Å²) >= 11 is 0. The SMILES string of the molecule is CCCC1(CNCc2cc(F)ccc2C#N)CC1. The first-order chi connectivity index (χ1) is 8.69. The van der Waals surface area contributed by atoms with Crippen LogP contribution >= 0.6 is 0 Å². The van der Waals surface area contributed by atoms with Crippen LogP contribution < -0.4 is 5.32 Å². The van der Waals surface area contributed by atoms with Crippen LogP contribution in [0.1, 0.15) is 43.7 Å². The van der Waals surface area contributed by atoms with Gasteiger partial charge in [0.1, 0.15) is 5.82 Å². The molecule has 0 spiro atoms. The Morgan fingerprint density at radius 1 is 1.44 bits per heavy atom. The van der Waals surface area contributed by atoms with E-state index >= 15 is 0 Å². The molecule has 0 unspecified atom stereocenters. The highest BCUT2D eigenvalue weighted by atomic mass is 19.1. The maximum absolute atomic E-state index is 13.1. The number of rotatable bonds is 6. The Balaban J connectivity index is 1.91. The second-order valence-corrected chi connectivity index (χ2v) is 5.27. The molecule has 2 rings (SSSR count). The lowest BCUT2D eigenvalue weighted by Gasteiger charge is -2.15. The van der Waals surface area contributed by atoms with Crippen LogP contribution in [0.15, 0.2) is 18.2 Å². The third-order valence-electron chi connectivity index (χ3n) is 3.74. The van der Waals surface area contributed by atoms with Crippen molar-refractivity contribution in [2.75, 3.05) is 6.54 Å². The summed E-state index contributed by atoms with van der Waals surface area (Å²) in [5.41, 5.74) is 1.79. The van der Waals surface area contributed by atoms with E-state index < -0.39 is 0 Å².